The highest BCUT2D eigenvalue weighted by atomic mass is 19.1. The van der Waals surface area contributed by atoms with Crippen LogP contribution in [-0.2, 0) is 22.6 Å². The van der Waals surface area contributed by atoms with Crippen LogP contribution in [0.25, 0.3) is 32.9 Å². The van der Waals surface area contributed by atoms with E-state index >= 15 is 8.78 Å². The van der Waals surface area contributed by atoms with Crippen LogP contribution in [-0.4, -0.2) is 141 Å². The second-order valence-electron chi connectivity index (χ2n) is 21.8. The Morgan fingerprint density at radius 3 is 2.46 bits per heavy atom. The number of hydrogen-bond acceptors (Lipinski definition) is 13. The number of aryl methyl sites for hydroxylation is 1. The zero-order chi connectivity index (χ0) is 48.3. The van der Waals surface area contributed by atoms with Gasteiger partial charge in [0.05, 0.1) is 17.6 Å². The highest BCUT2D eigenvalue weighted by Crippen LogP contribution is 2.51. The third-order valence-corrected chi connectivity index (χ3v) is 16.6. The van der Waals surface area contributed by atoms with E-state index in [0.717, 1.165) is 89.2 Å². The minimum Gasteiger partial charge on any atom is -0.508 e. The van der Waals surface area contributed by atoms with Crippen LogP contribution in [0.4, 0.5) is 20.3 Å². The highest BCUT2D eigenvalue weighted by molar-refractivity contribution is 6.06. The Bertz CT molecular complexity index is 2980. The number of likely N-dealkylation sites (tertiary alicyclic amines) is 2. The number of hydrogen-bond donors (Lipinski definition) is 3. The van der Waals surface area contributed by atoms with Crippen molar-refractivity contribution in [1.29, 1.82) is 0 Å². The number of piperidine rings is 3. The molecule has 70 heavy (non-hydrogen) atoms. The van der Waals surface area contributed by atoms with E-state index in [1.165, 1.54) is 18.3 Å². The molecule has 7 aliphatic rings. The van der Waals surface area contributed by atoms with E-state index in [1.807, 2.05) is 24.0 Å². The van der Waals surface area contributed by atoms with Crippen LogP contribution in [0.2, 0.25) is 0 Å². The number of β-amino-alcohol motifs (C(OH)–C–C–N with tert-alkyl or cyclic N) is 1. The molecule has 5 saturated heterocycles. The van der Waals surface area contributed by atoms with Crippen molar-refractivity contribution in [3.63, 3.8) is 0 Å². The number of amides is 3. The zero-order valence-electron chi connectivity index (χ0n) is 39.8. The van der Waals surface area contributed by atoms with Gasteiger partial charge in [0.2, 0.25) is 11.8 Å². The minimum absolute atomic E-state index is 0.0117. The lowest BCUT2D eigenvalue weighted by molar-refractivity contribution is -0.136. The Labute approximate surface area is 404 Å². The number of imide groups is 1. The number of carbonyl (C=O) groups is 3. The first-order valence-corrected chi connectivity index (χ1v) is 25.1. The third kappa shape index (κ3) is 7.97. The van der Waals surface area contributed by atoms with Gasteiger partial charge >= 0.3 is 6.01 Å². The molecule has 0 bridgehead atoms. The smallest absolute Gasteiger partial charge is 0.319 e. The van der Waals surface area contributed by atoms with Crippen molar-refractivity contribution in [2.24, 2.45) is 10.8 Å². The summed E-state index contributed by atoms with van der Waals surface area (Å²) < 4.78 is 38.8. The Kier molecular flexibility index (Phi) is 10.8. The molecule has 6 fully saturated rings. The maximum Gasteiger partial charge on any atom is 0.319 e. The van der Waals surface area contributed by atoms with Gasteiger partial charge in [0.25, 0.3) is 5.91 Å². The molecule has 1 aliphatic carbocycles. The second-order valence-corrected chi connectivity index (χ2v) is 21.8. The van der Waals surface area contributed by atoms with Gasteiger partial charge in [0.15, 0.2) is 5.82 Å². The second kappa shape index (κ2) is 16.8. The van der Waals surface area contributed by atoms with Gasteiger partial charge in [-0.2, -0.15) is 9.97 Å². The number of pyridine rings is 1. The quantitative estimate of drug-likeness (QED) is 0.133. The molecule has 17 heteroatoms. The van der Waals surface area contributed by atoms with Gasteiger partial charge in [0, 0.05) is 93.2 Å². The normalized spacial score (nSPS) is 24.6. The maximum absolute atomic E-state index is 17.1. The molecule has 3 aromatic carbocycles. The van der Waals surface area contributed by atoms with E-state index in [-0.39, 0.29) is 52.2 Å². The lowest BCUT2D eigenvalue weighted by atomic mass is 9.71. The number of nitrogens with zero attached hydrogens (tertiary/aromatic N) is 8. The predicted octanol–water partition coefficient (Wildman–Crippen LogP) is 5.95. The number of halogens is 2. The SMILES string of the molecule is CCc1c(F)ccc2cc(O)cc(-c3ncc4c(N5CCC[C@@](C)(O)C5)nc(OCC5(CN6CC7(CCN(C8CN(c9ccc%10c(c9)CN(C9CCC(=O)NC9=O)C%10=O)C8)CC7)C6)CC5)nc4c3F)c12. The average Bonchev–Trinajstić information content (AvgIpc) is 4.00. The number of phenols is 1. The molecule has 3 amide bonds. The molecule has 15 nitrogen and oxygen atoms in total. The van der Waals surface area contributed by atoms with Crippen molar-refractivity contribution in [2.75, 3.05) is 75.3 Å². The van der Waals surface area contributed by atoms with Gasteiger partial charge < -0.3 is 34.5 Å². The number of benzene rings is 3. The van der Waals surface area contributed by atoms with Gasteiger partial charge in [-0.3, -0.25) is 29.6 Å². The number of phenolic OH excluding ortho intramolecular Hbond substituents is 1. The molecular formula is C53H59F2N9O6. The number of carbonyl (C=O) groups excluding carboxylic acids is 3. The average molecular weight is 956 g/mol. The fraction of sp³-hybridized carbons (Fsp3) is 0.509. The summed E-state index contributed by atoms with van der Waals surface area (Å²) in [5, 5.41) is 25.6. The highest BCUT2D eigenvalue weighted by Gasteiger charge is 2.52. The molecule has 2 atom stereocenters. The summed E-state index contributed by atoms with van der Waals surface area (Å²) in [7, 11) is 0. The van der Waals surface area contributed by atoms with Crippen LogP contribution >= 0.6 is 0 Å². The van der Waals surface area contributed by atoms with E-state index in [0.29, 0.717) is 90.1 Å². The van der Waals surface area contributed by atoms with Crippen molar-refractivity contribution < 1.29 is 38.1 Å². The largest absolute Gasteiger partial charge is 0.508 e. The first kappa shape index (κ1) is 45.1. The molecule has 1 saturated carbocycles. The number of anilines is 2. The predicted molar refractivity (Wildman–Crippen MR) is 259 cm³/mol. The van der Waals surface area contributed by atoms with Crippen molar-refractivity contribution in [3.05, 3.63) is 77.0 Å². The molecule has 3 N–H and O–H groups in total. The molecule has 2 aromatic heterocycles. The fourth-order valence-electron chi connectivity index (χ4n) is 12.5. The monoisotopic (exact) mass is 955 g/mol. The maximum atomic E-state index is 17.1. The number of rotatable bonds is 11. The molecule has 8 heterocycles. The number of aromatic hydroxyl groups is 1. The number of ether oxygens (including phenoxy) is 1. The lowest BCUT2D eigenvalue weighted by Crippen LogP contribution is -2.65. The van der Waals surface area contributed by atoms with Gasteiger partial charge in [0.1, 0.15) is 34.6 Å². The number of nitrogens with one attached hydrogen (secondary N) is 1. The van der Waals surface area contributed by atoms with E-state index in [9.17, 15) is 24.6 Å². The molecule has 1 spiro atoms. The van der Waals surface area contributed by atoms with Crippen molar-refractivity contribution >= 4 is 50.9 Å². The summed E-state index contributed by atoms with van der Waals surface area (Å²) in [5.74, 6) is -1.62. The van der Waals surface area contributed by atoms with Crippen LogP contribution in [0, 0.1) is 22.5 Å². The van der Waals surface area contributed by atoms with Crippen molar-refractivity contribution in [3.8, 4) is 23.0 Å². The minimum atomic E-state index is -0.966. The van der Waals surface area contributed by atoms with E-state index in [1.54, 1.807) is 24.0 Å². The molecule has 12 rings (SSSR count). The van der Waals surface area contributed by atoms with E-state index in [2.05, 4.69) is 31.1 Å². The number of fused-ring (bicyclic) bond motifs is 3. The van der Waals surface area contributed by atoms with Crippen LogP contribution < -0.4 is 19.9 Å². The van der Waals surface area contributed by atoms with E-state index < -0.39 is 29.2 Å². The molecule has 0 radical (unpaired) electrons. The molecule has 366 valence electrons. The summed E-state index contributed by atoms with van der Waals surface area (Å²) in [5.41, 5.74) is 2.59. The summed E-state index contributed by atoms with van der Waals surface area (Å²) in [6.07, 6.45) is 8.18. The fourth-order valence-corrected chi connectivity index (χ4v) is 12.5. The molecular weight excluding hydrogens is 897 g/mol. The number of aliphatic hydroxyl groups is 1. The lowest BCUT2D eigenvalue weighted by Gasteiger charge is -2.57. The first-order chi connectivity index (χ1) is 33.7. The Morgan fingerprint density at radius 2 is 1.71 bits per heavy atom. The molecule has 5 aromatic rings. The van der Waals surface area contributed by atoms with Crippen molar-refractivity contribution in [1.82, 2.24) is 35.0 Å². The van der Waals surface area contributed by atoms with Crippen LogP contribution in [0.1, 0.15) is 86.7 Å². The van der Waals surface area contributed by atoms with Gasteiger partial charge in [-0.05, 0) is 135 Å². The van der Waals surface area contributed by atoms with Gasteiger partial charge in [-0.25, -0.2) is 8.78 Å². The zero-order valence-corrected chi connectivity index (χ0v) is 39.8. The summed E-state index contributed by atoms with van der Waals surface area (Å²) >= 11 is 0. The topological polar surface area (TPSA) is 168 Å². The Morgan fingerprint density at radius 1 is 0.914 bits per heavy atom. The Hall–Kier alpha value is -6.04. The first-order valence-electron chi connectivity index (χ1n) is 25.1. The van der Waals surface area contributed by atoms with Gasteiger partial charge in [-0.15, -0.1) is 0 Å². The van der Waals surface area contributed by atoms with E-state index in [4.69, 9.17) is 14.7 Å². The van der Waals surface area contributed by atoms with Crippen LogP contribution in [0.5, 0.6) is 11.8 Å². The summed E-state index contributed by atoms with van der Waals surface area (Å²) in [4.78, 5) is 62.7. The molecule has 1 unspecified atom stereocenters. The summed E-state index contributed by atoms with van der Waals surface area (Å²) in [6, 6.07) is 11.8. The third-order valence-electron chi connectivity index (χ3n) is 16.6. The Balaban J connectivity index is 0.686. The van der Waals surface area contributed by atoms with Crippen LogP contribution in [0.15, 0.2) is 48.7 Å². The van der Waals surface area contributed by atoms with Crippen LogP contribution in [0.3, 0.4) is 0 Å². The van der Waals surface area contributed by atoms with Gasteiger partial charge in [-0.1, -0.05) is 13.0 Å². The number of aromatic nitrogens is 3. The van der Waals surface area contributed by atoms with Crippen molar-refractivity contribution in [2.45, 2.75) is 95.9 Å². The summed E-state index contributed by atoms with van der Waals surface area (Å²) in [6.45, 7) is 12.3. The standard InChI is InChI=1S/C53H59F2N9O6/c1-3-36-40(54)8-5-31-20-35(65)21-38(43(31)36)45-44(55)46-39(22-56-45)47(62-16-4-11-51(2,69)26-62)59-50(58-46)70-30-53(12-13-53)29-60-27-52(28-60)14-17-61(18-15-52)34-24-63(25-34)33-6-7-37-32(19-33)23-64(49(37)68)41-9-10-42(66)57-48(41)67/h5-8,19-22,34,41,65,69H,3-4,9-18,23-30H2,1-2H3,(H,57,66,67)/t41?,51-/m1/s1. The molecule has 6 aliphatic heterocycles.